The van der Waals surface area contributed by atoms with Gasteiger partial charge in [-0.2, -0.15) is 13.2 Å². The molecule has 14 heavy (non-hydrogen) atoms. The molecule has 0 aliphatic heterocycles. The Hall–Kier alpha value is -1.25. The molecule has 0 nitrogen and oxygen atoms in total. The van der Waals surface area contributed by atoms with Crippen LogP contribution in [0.15, 0.2) is 24.8 Å². The number of aryl methyl sites for hydroxylation is 2. The summed E-state index contributed by atoms with van der Waals surface area (Å²) in [5.74, 6) is 0. The number of hydrogen-bond acceptors (Lipinski definition) is 0. The topological polar surface area (TPSA) is 0 Å². The Morgan fingerprint density at radius 3 is 1.86 bits per heavy atom. The fourth-order valence-electron chi connectivity index (χ4n) is 1.31. The molecule has 0 aliphatic carbocycles. The average molecular weight is 200 g/mol. The molecule has 0 N–H and O–H groups in total. The van der Waals surface area contributed by atoms with E-state index in [9.17, 15) is 13.2 Å². The summed E-state index contributed by atoms with van der Waals surface area (Å²) in [5, 5.41) is 0. The molecule has 0 saturated carbocycles. The molecule has 0 bridgehead atoms. The minimum Gasteiger partial charge on any atom is -0.166 e. The van der Waals surface area contributed by atoms with Crippen molar-refractivity contribution in [1.29, 1.82) is 0 Å². The summed E-state index contributed by atoms with van der Waals surface area (Å²) in [6.07, 6.45) is -4.35. The monoisotopic (exact) mass is 200 g/mol. The van der Waals surface area contributed by atoms with Crippen molar-refractivity contribution >= 4 is 5.57 Å². The first-order valence-electron chi connectivity index (χ1n) is 4.15. The summed E-state index contributed by atoms with van der Waals surface area (Å²) in [7, 11) is 0. The van der Waals surface area contributed by atoms with Gasteiger partial charge in [0.05, 0.1) is 5.57 Å². The van der Waals surface area contributed by atoms with Crippen LogP contribution in [0.5, 0.6) is 0 Å². The molecule has 0 heterocycles. The van der Waals surface area contributed by atoms with E-state index in [1.807, 2.05) is 6.07 Å². The van der Waals surface area contributed by atoms with E-state index in [0.29, 0.717) is 0 Å². The van der Waals surface area contributed by atoms with Crippen molar-refractivity contribution in [2.45, 2.75) is 20.0 Å². The van der Waals surface area contributed by atoms with Gasteiger partial charge in [-0.05, 0) is 19.4 Å². The molecule has 0 atom stereocenters. The minimum absolute atomic E-state index is 0.148. The standard InChI is InChI=1S/C11H11F3/c1-7-4-8(2)6-10(5-7)9(3)11(12,13)14/h4-6H,3H2,1-2H3. The molecule has 1 rings (SSSR count). The van der Waals surface area contributed by atoms with E-state index in [4.69, 9.17) is 0 Å². The Balaban J connectivity index is 3.14. The summed E-state index contributed by atoms with van der Waals surface area (Å²) < 4.78 is 36.9. The van der Waals surface area contributed by atoms with Crippen LogP contribution in [0.2, 0.25) is 0 Å². The fourth-order valence-corrected chi connectivity index (χ4v) is 1.31. The molecule has 0 spiro atoms. The van der Waals surface area contributed by atoms with Crippen molar-refractivity contribution < 1.29 is 13.2 Å². The Labute approximate surface area is 81.1 Å². The lowest BCUT2D eigenvalue weighted by Crippen LogP contribution is -2.09. The first-order chi connectivity index (χ1) is 6.30. The zero-order valence-electron chi connectivity index (χ0n) is 8.07. The van der Waals surface area contributed by atoms with Gasteiger partial charge in [0, 0.05) is 0 Å². The molecule has 0 aliphatic rings. The minimum atomic E-state index is -4.35. The smallest absolute Gasteiger partial charge is 0.166 e. The Bertz CT molecular complexity index is 341. The first kappa shape index (κ1) is 10.8. The van der Waals surface area contributed by atoms with Gasteiger partial charge >= 0.3 is 6.18 Å². The second-order valence-corrected chi connectivity index (χ2v) is 3.35. The highest BCUT2D eigenvalue weighted by molar-refractivity contribution is 5.68. The summed E-state index contributed by atoms with van der Waals surface area (Å²) in [6.45, 7) is 6.58. The summed E-state index contributed by atoms with van der Waals surface area (Å²) >= 11 is 0. The van der Waals surface area contributed by atoms with Crippen molar-refractivity contribution in [2.24, 2.45) is 0 Å². The van der Waals surface area contributed by atoms with Gasteiger partial charge in [-0.1, -0.05) is 35.9 Å². The lowest BCUT2D eigenvalue weighted by atomic mass is 10.0. The van der Waals surface area contributed by atoms with Gasteiger partial charge in [-0.25, -0.2) is 0 Å². The number of rotatable bonds is 1. The van der Waals surface area contributed by atoms with Crippen LogP contribution in [-0.2, 0) is 0 Å². The van der Waals surface area contributed by atoms with Crippen LogP contribution in [0.4, 0.5) is 13.2 Å². The van der Waals surface area contributed by atoms with E-state index >= 15 is 0 Å². The van der Waals surface area contributed by atoms with Crippen molar-refractivity contribution in [2.75, 3.05) is 0 Å². The molecule has 3 heteroatoms. The molecule has 76 valence electrons. The second kappa shape index (κ2) is 3.48. The highest BCUT2D eigenvalue weighted by Crippen LogP contribution is 2.32. The van der Waals surface area contributed by atoms with Crippen LogP contribution < -0.4 is 0 Å². The predicted molar refractivity (Wildman–Crippen MR) is 51.0 cm³/mol. The van der Waals surface area contributed by atoms with Gasteiger partial charge in [-0.15, -0.1) is 0 Å². The van der Waals surface area contributed by atoms with Crippen molar-refractivity contribution in [1.82, 2.24) is 0 Å². The molecule has 1 aromatic rings. The summed E-state index contributed by atoms with van der Waals surface area (Å²) in [5.41, 5.74) is 0.982. The zero-order chi connectivity index (χ0) is 10.9. The summed E-state index contributed by atoms with van der Waals surface area (Å²) in [4.78, 5) is 0. The van der Waals surface area contributed by atoms with Crippen molar-refractivity contribution in [3.63, 3.8) is 0 Å². The van der Waals surface area contributed by atoms with E-state index in [2.05, 4.69) is 6.58 Å². The average Bonchev–Trinajstić information content (AvgIpc) is 1.99. The van der Waals surface area contributed by atoms with Gasteiger partial charge in [0.2, 0.25) is 0 Å². The number of hydrogen-bond donors (Lipinski definition) is 0. The molecule has 0 amide bonds. The van der Waals surface area contributed by atoms with Gasteiger partial charge in [0.1, 0.15) is 0 Å². The Morgan fingerprint density at radius 2 is 1.50 bits per heavy atom. The van der Waals surface area contributed by atoms with Crippen LogP contribution in [0, 0.1) is 13.8 Å². The maximum atomic E-state index is 12.3. The van der Waals surface area contributed by atoms with E-state index in [-0.39, 0.29) is 5.56 Å². The van der Waals surface area contributed by atoms with Crippen LogP contribution in [0.3, 0.4) is 0 Å². The number of halogens is 3. The second-order valence-electron chi connectivity index (χ2n) is 3.35. The van der Waals surface area contributed by atoms with E-state index < -0.39 is 11.7 Å². The van der Waals surface area contributed by atoms with Crippen LogP contribution in [0.25, 0.3) is 5.57 Å². The third-order valence-electron chi connectivity index (χ3n) is 1.91. The van der Waals surface area contributed by atoms with Gasteiger partial charge in [0.15, 0.2) is 0 Å². The molecule has 1 aromatic carbocycles. The molecule has 0 unspecified atom stereocenters. The third kappa shape index (κ3) is 2.37. The Kier molecular flexibility index (Phi) is 2.69. The molecular formula is C11H11F3. The zero-order valence-corrected chi connectivity index (χ0v) is 8.07. The van der Waals surface area contributed by atoms with Crippen molar-refractivity contribution in [3.8, 4) is 0 Å². The largest absolute Gasteiger partial charge is 0.416 e. The molecule has 0 radical (unpaired) electrons. The highest BCUT2D eigenvalue weighted by Gasteiger charge is 2.32. The maximum Gasteiger partial charge on any atom is 0.416 e. The van der Waals surface area contributed by atoms with E-state index in [1.165, 1.54) is 12.1 Å². The van der Waals surface area contributed by atoms with Crippen molar-refractivity contribution in [3.05, 3.63) is 41.5 Å². The number of benzene rings is 1. The fraction of sp³-hybridized carbons (Fsp3) is 0.273. The van der Waals surface area contributed by atoms with Gasteiger partial charge < -0.3 is 0 Å². The van der Waals surface area contributed by atoms with Gasteiger partial charge in [0.25, 0.3) is 0 Å². The molecule has 0 fully saturated rings. The number of alkyl halides is 3. The molecule has 0 aromatic heterocycles. The quantitative estimate of drug-likeness (QED) is 0.645. The molecule has 0 saturated heterocycles. The lowest BCUT2D eigenvalue weighted by molar-refractivity contribution is -0.0686. The third-order valence-corrected chi connectivity index (χ3v) is 1.91. The normalized spacial score (nSPS) is 11.5. The SMILES string of the molecule is C=C(c1cc(C)cc(C)c1)C(F)(F)F. The lowest BCUT2D eigenvalue weighted by Gasteiger charge is -2.11. The van der Waals surface area contributed by atoms with E-state index in [1.54, 1.807) is 13.8 Å². The van der Waals surface area contributed by atoms with Crippen LogP contribution >= 0.6 is 0 Å². The summed E-state index contributed by atoms with van der Waals surface area (Å²) in [6, 6.07) is 4.80. The van der Waals surface area contributed by atoms with Crippen LogP contribution in [0.1, 0.15) is 16.7 Å². The maximum absolute atomic E-state index is 12.3. The molecular weight excluding hydrogens is 189 g/mol. The first-order valence-corrected chi connectivity index (χ1v) is 4.15. The van der Waals surface area contributed by atoms with E-state index in [0.717, 1.165) is 11.1 Å². The van der Waals surface area contributed by atoms with Crippen LogP contribution in [-0.4, -0.2) is 6.18 Å². The number of allylic oxidation sites excluding steroid dienone is 1. The highest BCUT2D eigenvalue weighted by atomic mass is 19.4. The Morgan fingerprint density at radius 1 is 1.07 bits per heavy atom. The van der Waals surface area contributed by atoms with Gasteiger partial charge in [-0.3, -0.25) is 0 Å². The predicted octanol–water partition coefficient (Wildman–Crippen LogP) is 3.88.